The molecule has 1 rings (SSSR count). The Bertz CT molecular complexity index is 465. The molecular weight excluding hydrogens is 284 g/mol. The van der Waals surface area contributed by atoms with Gasteiger partial charge in [-0.05, 0) is 37.6 Å². The average molecular weight is 310 g/mol. The van der Waals surface area contributed by atoms with E-state index in [0.717, 1.165) is 37.4 Å². The smallest absolute Gasteiger partial charge is 0.323 e. The third-order valence-corrected chi connectivity index (χ3v) is 3.14. The predicted molar refractivity (Wildman–Crippen MR) is 86.7 cm³/mol. The second-order valence-electron chi connectivity index (χ2n) is 5.01. The minimum atomic E-state index is -0.867. The summed E-state index contributed by atoms with van der Waals surface area (Å²) in [5.74, 6) is -0.156. The molecule has 2 N–H and O–H groups in total. The van der Waals surface area contributed by atoms with Crippen LogP contribution in [0.5, 0.6) is 5.75 Å². The molecule has 0 saturated heterocycles. The molecule has 0 spiro atoms. The van der Waals surface area contributed by atoms with Crippen molar-refractivity contribution in [3.63, 3.8) is 0 Å². The molecule has 0 aliphatic heterocycles. The van der Waals surface area contributed by atoms with Crippen LogP contribution in [0, 0.1) is 0 Å². The first kappa shape index (κ1) is 18.3. The molecule has 0 saturated carbocycles. The molecule has 0 bridgehead atoms. The number of nitrogens with zero attached hydrogens (tertiary/aromatic N) is 1. The van der Waals surface area contributed by atoms with E-state index in [0.29, 0.717) is 12.4 Å². The van der Waals surface area contributed by atoms with E-state index in [-0.39, 0.29) is 6.54 Å². The van der Waals surface area contributed by atoms with Gasteiger partial charge < -0.3 is 24.8 Å². The lowest BCUT2D eigenvalue weighted by atomic mass is 10.1. The van der Waals surface area contributed by atoms with Crippen molar-refractivity contribution < 1.29 is 19.4 Å². The van der Waals surface area contributed by atoms with Crippen molar-refractivity contribution in [1.82, 2.24) is 5.32 Å². The van der Waals surface area contributed by atoms with Crippen LogP contribution in [0.4, 0.5) is 5.69 Å². The zero-order valence-corrected chi connectivity index (χ0v) is 13.6. The molecule has 6 heteroatoms. The first-order chi connectivity index (χ1) is 10.6. The van der Waals surface area contributed by atoms with E-state index in [4.69, 9.17) is 14.6 Å². The Hall–Kier alpha value is -1.79. The van der Waals surface area contributed by atoms with E-state index in [9.17, 15) is 4.79 Å². The van der Waals surface area contributed by atoms with Crippen molar-refractivity contribution in [3.05, 3.63) is 23.8 Å². The maximum atomic E-state index is 10.8. The first-order valence-corrected chi connectivity index (χ1v) is 7.46. The van der Waals surface area contributed by atoms with E-state index in [1.54, 1.807) is 19.1 Å². The van der Waals surface area contributed by atoms with Crippen molar-refractivity contribution in [3.8, 4) is 5.75 Å². The molecule has 22 heavy (non-hydrogen) atoms. The number of carbonyl (C=O) groups is 1. The Morgan fingerprint density at radius 3 is 2.82 bits per heavy atom. The SMILES string of the molecule is CCOc1cc(CNCCCOC)ccc1N(C)CC(=O)O. The molecule has 0 aliphatic rings. The lowest BCUT2D eigenvalue weighted by Crippen LogP contribution is -2.25. The summed E-state index contributed by atoms with van der Waals surface area (Å²) in [5, 5.41) is 12.2. The zero-order valence-electron chi connectivity index (χ0n) is 13.6. The van der Waals surface area contributed by atoms with Gasteiger partial charge in [0.15, 0.2) is 0 Å². The fourth-order valence-electron chi connectivity index (χ4n) is 2.12. The molecule has 124 valence electrons. The Kier molecular flexibility index (Phi) is 8.32. The van der Waals surface area contributed by atoms with Crippen molar-refractivity contribution in [2.45, 2.75) is 19.9 Å². The number of rotatable bonds is 11. The Morgan fingerprint density at radius 1 is 1.41 bits per heavy atom. The molecule has 0 unspecified atom stereocenters. The Labute approximate surface area is 132 Å². The van der Waals surface area contributed by atoms with Gasteiger partial charge in [-0.2, -0.15) is 0 Å². The number of carboxylic acid groups (broad SMARTS) is 1. The number of hydrogen-bond donors (Lipinski definition) is 2. The summed E-state index contributed by atoms with van der Waals surface area (Å²) in [6, 6.07) is 5.85. The highest BCUT2D eigenvalue weighted by atomic mass is 16.5. The van der Waals surface area contributed by atoms with Crippen molar-refractivity contribution in [2.75, 3.05) is 45.4 Å². The normalized spacial score (nSPS) is 10.5. The Morgan fingerprint density at radius 2 is 2.18 bits per heavy atom. The summed E-state index contributed by atoms with van der Waals surface area (Å²) in [6.07, 6.45) is 0.967. The molecular formula is C16H26N2O4. The van der Waals surface area contributed by atoms with Gasteiger partial charge >= 0.3 is 5.97 Å². The molecule has 0 atom stereocenters. The van der Waals surface area contributed by atoms with E-state index in [2.05, 4.69) is 5.32 Å². The van der Waals surface area contributed by atoms with Gasteiger partial charge in [-0.1, -0.05) is 6.07 Å². The van der Waals surface area contributed by atoms with Crippen LogP contribution >= 0.6 is 0 Å². The van der Waals surface area contributed by atoms with Gasteiger partial charge in [0, 0.05) is 27.3 Å². The van der Waals surface area contributed by atoms with Gasteiger partial charge in [0.1, 0.15) is 12.3 Å². The molecule has 0 aromatic heterocycles. The molecule has 1 aromatic carbocycles. The minimum Gasteiger partial charge on any atom is -0.492 e. The van der Waals surface area contributed by atoms with Crippen LogP contribution in [-0.4, -0.2) is 51.5 Å². The van der Waals surface area contributed by atoms with Crippen LogP contribution in [0.25, 0.3) is 0 Å². The van der Waals surface area contributed by atoms with Crippen molar-refractivity contribution >= 4 is 11.7 Å². The summed E-state index contributed by atoms with van der Waals surface area (Å²) in [7, 11) is 3.44. The number of hydrogen-bond acceptors (Lipinski definition) is 5. The van der Waals surface area contributed by atoms with Gasteiger partial charge in [0.05, 0.1) is 12.3 Å². The first-order valence-electron chi connectivity index (χ1n) is 7.46. The number of likely N-dealkylation sites (N-methyl/N-ethyl adjacent to an activating group) is 1. The largest absolute Gasteiger partial charge is 0.492 e. The molecule has 0 radical (unpaired) electrons. The van der Waals surface area contributed by atoms with Gasteiger partial charge in [0.2, 0.25) is 0 Å². The number of methoxy groups -OCH3 is 1. The van der Waals surface area contributed by atoms with Gasteiger partial charge in [-0.3, -0.25) is 4.79 Å². The lowest BCUT2D eigenvalue weighted by molar-refractivity contribution is -0.135. The van der Waals surface area contributed by atoms with Crippen LogP contribution in [0.2, 0.25) is 0 Å². The van der Waals surface area contributed by atoms with Gasteiger partial charge in [-0.15, -0.1) is 0 Å². The molecule has 0 fully saturated rings. The number of nitrogens with one attached hydrogen (secondary N) is 1. The fourth-order valence-corrected chi connectivity index (χ4v) is 2.12. The highest BCUT2D eigenvalue weighted by Gasteiger charge is 2.12. The molecule has 0 amide bonds. The molecule has 6 nitrogen and oxygen atoms in total. The Balaban J connectivity index is 2.69. The summed E-state index contributed by atoms with van der Waals surface area (Å²) in [6.45, 7) is 4.77. The maximum Gasteiger partial charge on any atom is 0.323 e. The van der Waals surface area contributed by atoms with Crippen LogP contribution in [0.3, 0.4) is 0 Å². The molecule has 0 aliphatic carbocycles. The predicted octanol–water partition coefficient (Wildman–Crippen LogP) is 1.73. The minimum absolute atomic E-state index is 0.0608. The van der Waals surface area contributed by atoms with Gasteiger partial charge in [0.25, 0.3) is 0 Å². The van der Waals surface area contributed by atoms with Crippen molar-refractivity contribution in [2.24, 2.45) is 0 Å². The van der Waals surface area contributed by atoms with Crippen LogP contribution in [0.1, 0.15) is 18.9 Å². The zero-order chi connectivity index (χ0) is 16.4. The third-order valence-electron chi connectivity index (χ3n) is 3.14. The van der Waals surface area contributed by atoms with Crippen LogP contribution in [0.15, 0.2) is 18.2 Å². The second-order valence-corrected chi connectivity index (χ2v) is 5.01. The van der Waals surface area contributed by atoms with E-state index >= 15 is 0 Å². The second kappa shape index (κ2) is 10.0. The number of carboxylic acids is 1. The van der Waals surface area contributed by atoms with Gasteiger partial charge in [-0.25, -0.2) is 0 Å². The summed E-state index contributed by atoms with van der Waals surface area (Å²) >= 11 is 0. The number of benzene rings is 1. The summed E-state index contributed by atoms with van der Waals surface area (Å²) < 4.78 is 10.6. The monoisotopic (exact) mass is 310 g/mol. The van der Waals surface area contributed by atoms with Crippen molar-refractivity contribution in [1.29, 1.82) is 0 Å². The van der Waals surface area contributed by atoms with E-state index in [1.807, 2.05) is 25.1 Å². The maximum absolute atomic E-state index is 10.8. The summed E-state index contributed by atoms with van der Waals surface area (Å²) in [4.78, 5) is 12.5. The molecule has 0 heterocycles. The van der Waals surface area contributed by atoms with Crippen LogP contribution in [-0.2, 0) is 16.1 Å². The lowest BCUT2D eigenvalue weighted by Gasteiger charge is -2.21. The summed E-state index contributed by atoms with van der Waals surface area (Å²) in [5.41, 5.74) is 1.89. The van der Waals surface area contributed by atoms with E-state index < -0.39 is 5.97 Å². The number of aliphatic carboxylic acids is 1. The highest BCUT2D eigenvalue weighted by molar-refractivity contribution is 5.75. The van der Waals surface area contributed by atoms with E-state index in [1.165, 1.54) is 0 Å². The quantitative estimate of drug-likeness (QED) is 0.607. The standard InChI is InChI=1S/C16H26N2O4/c1-4-22-15-10-13(11-17-8-5-9-21-3)6-7-14(15)18(2)12-16(19)20/h6-7,10,17H,4-5,8-9,11-12H2,1-3H3,(H,19,20). The molecule has 1 aromatic rings. The highest BCUT2D eigenvalue weighted by Crippen LogP contribution is 2.28. The number of ether oxygens (including phenoxy) is 2. The topological polar surface area (TPSA) is 71.0 Å². The third kappa shape index (κ3) is 6.32. The fraction of sp³-hybridized carbons (Fsp3) is 0.562. The average Bonchev–Trinajstić information content (AvgIpc) is 2.47. The van der Waals surface area contributed by atoms with Crippen LogP contribution < -0.4 is 15.0 Å². The number of anilines is 1.